The van der Waals surface area contributed by atoms with Gasteiger partial charge in [-0.15, -0.1) is 0 Å². The van der Waals surface area contributed by atoms with Crippen LogP contribution in [0.2, 0.25) is 0 Å². The monoisotopic (exact) mass is 206 g/mol. The van der Waals surface area contributed by atoms with Crippen LogP contribution in [0, 0.1) is 6.92 Å². The molecule has 80 valence electrons. The fourth-order valence-corrected chi connectivity index (χ4v) is 1.19. The molecule has 0 atom stereocenters. The average molecular weight is 206 g/mol. The second-order valence-corrected chi connectivity index (χ2v) is 3.17. The number of rotatable bonds is 3. The molecule has 0 amide bonds. The van der Waals surface area contributed by atoms with Crippen LogP contribution in [0.3, 0.4) is 0 Å². The summed E-state index contributed by atoms with van der Waals surface area (Å²) in [6, 6.07) is 5.27. The smallest absolute Gasteiger partial charge is 0.309 e. The first-order chi connectivity index (χ1) is 7.15. The number of ether oxygens (including phenoxy) is 1. The maximum Gasteiger partial charge on any atom is 0.309 e. The maximum absolute atomic E-state index is 10.8. The molecule has 0 aliphatic rings. The van der Waals surface area contributed by atoms with Gasteiger partial charge in [-0.3, -0.25) is 4.79 Å². The van der Waals surface area contributed by atoms with Crippen LogP contribution in [0.5, 0.6) is 5.75 Å². The Morgan fingerprint density at radius 2 is 2.27 bits per heavy atom. The second-order valence-electron chi connectivity index (χ2n) is 3.17. The van der Waals surface area contributed by atoms with Gasteiger partial charge in [-0.25, -0.2) is 0 Å². The van der Waals surface area contributed by atoms with Gasteiger partial charge in [0.15, 0.2) is 0 Å². The number of carbonyl (C=O) groups is 1. The zero-order valence-corrected chi connectivity index (χ0v) is 8.86. The highest BCUT2D eigenvalue weighted by Crippen LogP contribution is 2.20. The van der Waals surface area contributed by atoms with Crippen molar-refractivity contribution in [2.45, 2.75) is 13.3 Å². The number of hydrogen-bond acceptors (Lipinski definition) is 3. The summed E-state index contributed by atoms with van der Waals surface area (Å²) >= 11 is 0. The molecule has 3 nitrogen and oxygen atoms in total. The summed E-state index contributed by atoms with van der Waals surface area (Å²) in [4.78, 5) is 10.8. The van der Waals surface area contributed by atoms with Crippen molar-refractivity contribution in [1.29, 1.82) is 0 Å². The largest absolute Gasteiger partial charge is 0.508 e. The molecule has 0 fully saturated rings. The lowest BCUT2D eigenvalue weighted by atomic mass is 10.1. The molecule has 1 rings (SSSR count). The van der Waals surface area contributed by atoms with Gasteiger partial charge >= 0.3 is 5.97 Å². The van der Waals surface area contributed by atoms with Crippen molar-refractivity contribution in [3.8, 4) is 5.75 Å². The van der Waals surface area contributed by atoms with Gasteiger partial charge in [0.1, 0.15) is 5.75 Å². The Hall–Kier alpha value is -1.77. The average Bonchev–Trinajstić information content (AvgIpc) is 2.24. The third kappa shape index (κ3) is 3.13. The summed E-state index contributed by atoms with van der Waals surface area (Å²) < 4.78 is 4.50. The van der Waals surface area contributed by atoms with E-state index in [1.54, 1.807) is 24.3 Å². The van der Waals surface area contributed by atoms with E-state index in [9.17, 15) is 9.90 Å². The first kappa shape index (κ1) is 11.3. The number of aromatic hydroxyl groups is 1. The number of phenolic OH excluding ortho intramolecular Hbond substituents is 1. The van der Waals surface area contributed by atoms with Crippen molar-refractivity contribution in [3.05, 3.63) is 35.4 Å². The lowest BCUT2D eigenvalue weighted by Crippen LogP contribution is -1.96. The van der Waals surface area contributed by atoms with Crippen LogP contribution in [0.4, 0.5) is 0 Å². The standard InChI is InChI=1S/C12H14O3/c1-9-10(5-3-7-11(9)13)6-4-8-12(14)15-2/h3-7,13H,8H2,1-2H3. The number of benzene rings is 1. The van der Waals surface area contributed by atoms with Gasteiger partial charge < -0.3 is 9.84 Å². The zero-order valence-electron chi connectivity index (χ0n) is 8.86. The Kier molecular flexibility index (Phi) is 3.92. The molecule has 0 unspecified atom stereocenters. The van der Waals surface area contributed by atoms with Gasteiger partial charge in [-0.2, -0.15) is 0 Å². The maximum atomic E-state index is 10.8. The van der Waals surface area contributed by atoms with E-state index in [1.807, 2.05) is 13.0 Å². The summed E-state index contributed by atoms with van der Waals surface area (Å²) in [5, 5.41) is 9.43. The van der Waals surface area contributed by atoms with Crippen LogP contribution in [0.1, 0.15) is 17.5 Å². The van der Waals surface area contributed by atoms with E-state index in [2.05, 4.69) is 4.74 Å². The topological polar surface area (TPSA) is 46.5 Å². The van der Waals surface area contributed by atoms with Gasteiger partial charge in [0.05, 0.1) is 13.5 Å². The number of carbonyl (C=O) groups excluding carboxylic acids is 1. The fourth-order valence-electron chi connectivity index (χ4n) is 1.19. The molecule has 15 heavy (non-hydrogen) atoms. The molecule has 0 radical (unpaired) electrons. The van der Waals surface area contributed by atoms with Gasteiger partial charge in [0.2, 0.25) is 0 Å². The van der Waals surface area contributed by atoms with Gasteiger partial charge in [-0.1, -0.05) is 24.3 Å². The van der Waals surface area contributed by atoms with Crippen LogP contribution in [-0.4, -0.2) is 18.2 Å². The first-order valence-electron chi connectivity index (χ1n) is 4.67. The molecular weight excluding hydrogens is 192 g/mol. The number of hydrogen-bond donors (Lipinski definition) is 1. The van der Waals surface area contributed by atoms with E-state index in [4.69, 9.17) is 0 Å². The van der Waals surface area contributed by atoms with Crippen LogP contribution < -0.4 is 0 Å². The van der Waals surface area contributed by atoms with E-state index < -0.39 is 0 Å². The third-order valence-corrected chi connectivity index (χ3v) is 2.16. The van der Waals surface area contributed by atoms with Gasteiger partial charge in [0, 0.05) is 0 Å². The van der Waals surface area contributed by atoms with Crippen molar-refractivity contribution in [3.63, 3.8) is 0 Å². The molecule has 0 spiro atoms. The zero-order chi connectivity index (χ0) is 11.3. The Balaban J connectivity index is 2.72. The summed E-state index contributed by atoms with van der Waals surface area (Å²) in [5.41, 5.74) is 1.71. The number of esters is 1. The Morgan fingerprint density at radius 1 is 1.53 bits per heavy atom. The van der Waals surface area contributed by atoms with E-state index in [1.165, 1.54) is 7.11 Å². The lowest BCUT2D eigenvalue weighted by molar-refractivity contribution is -0.139. The molecule has 3 heteroatoms. The Bertz CT molecular complexity index is 380. The molecule has 0 aromatic heterocycles. The molecule has 0 bridgehead atoms. The van der Waals surface area contributed by atoms with E-state index in [-0.39, 0.29) is 18.1 Å². The van der Waals surface area contributed by atoms with Crippen LogP contribution in [0.25, 0.3) is 6.08 Å². The van der Waals surface area contributed by atoms with Crippen LogP contribution >= 0.6 is 0 Å². The Morgan fingerprint density at radius 3 is 2.93 bits per heavy atom. The van der Waals surface area contributed by atoms with E-state index in [0.29, 0.717) is 0 Å². The molecule has 0 saturated heterocycles. The van der Waals surface area contributed by atoms with Crippen molar-refractivity contribution in [2.75, 3.05) is 7.11 Å². The second kappa shape index (κ2) is 5.20. The van der Waals surface area contributed by atoms with Crippen molar-refractivity contribution in [1.82, 2.24) is 0 Å². The molecule has 1 aromatic carbocycles. The highest BCUT2D eigenvalue weighted by Gasteiger charge is 1.99. The van der Waals surface area contributed by atoms with E-state index in [0.717, 1.165) is 11.1 Å². The Labute approximate surface area is 89.0 Å². The number of phenols is 1. The third-order valence-electron chi connectivity index (χ3n) is 2.16. The highest BCUT2D eigenvalue weighted by molar-refractivity contribution is 5.72. The molecule has 1 aromatic rings. The highest BCUT2D eigenvalue weighted by atomic mass is 16.5. The summed E-state index contributed by atoms with van der Waals surface area (Å²) in [6.45, 7) is 1.83. The van der Waals surface area contributed by atoms with Crippen molar-refractivity contribution < 1.29 is 14.6 Å². The fraction of sp³-hybridized carbons (Fsp3) is 0.250. The summed E-state index contributed by atoms with van der Waals surface area (Å²) in [7, 11) is 1.36. The van der Waals surface area contributed by atoms with Crippen LogP contribution in [-0.2, 0) is 9.53 Å². The molecule has 1 N–H and O–H groups in total. The number of methoxy groups -OCH3 is 1. The van der Waals surface area contributed by atoms with Gasteiger partial charge in [0.25, 0.3) is 0 Å². The minimum atomic E-state index is -0.274. The van der Waals surface area contributed by atoms with Gasteiger partial charge in [-0.05, 0) is 24.1 Å². The summed E-state index contributed by atoms with van der Waals surface area (Å²) in [6.07, 6.45) is 3.76. The van der Waals surface area contributed by atoms with Crippen LogP contribution in [0.15, 0.2) is 24.3 Å². The molecule has 0 heterocycles. The predicted octanol–water partition coefficient (Wildman–Crippen LogP) is 2.28. The normalized spacial score (nSPS) is 10.5. The molecular formula is C12H14O3. The lowest BCUT2D eigenvalue weighted by Gasteiger charge is -2.02. The molecule has 0 aliphatic carbocycles. The first-order valence-corrected chi connectivity index (χ1v) is 4.67. The molecule has 0 aliphatic heterocycles. The quantitative estimate of drug-likeness (QED) is 0.772. The van der Waals surface area contributed by atoms with Crippen molar-refractivity contribution in [2.24, 2.45) is 0 Å². The minimum absolute atomic E-state index is 0.242. The minimum Gasteiger partial charge on any atom is -0.508 e. The predicted molar refractivity (Wildman–Crippen MR) is 58.5 cm³/mol. The molecule has 0 saturated carbocycles. The van der Waals surface area contributed by atoms with E-state index >= 15 is 0 Å². The summed E-state index contributed by atoms with van der Waals surface area (Å²) in [5.74, 6) is -0.0146. The SMILES string of the molecule is COC(=O)CC=Cc1cccc(O)c1C. The van der Waals surface area contributed by atoms with Crippen molar-refractivity contribution >= 4 is 12.0 Å².